The first-order chi connectivity index (χ1) is 7.72. The van der Waals surface area contributed by atoms with Gasteiger partial charge in [-0.1, -0.05) is 24.3 Å². The number of nitrogens with two attached hydrogens (primary N) is 1. The molecule has 3 N–H and O–H groups in total. The van der Waals surface area contributed by atoms with Crippen molar-refractivity contribution in [1.29, 1.82) is 0 Å². The summed E-state index contributed by atoms with van der Waals surface area (Å²) < 4.78 is 7.13. The number of hydrazone groups is 1. The minimum absolute atomic E-state index is 0.583. The van der Waals surface area contributed by atoms with Crippen LogP contribution >= 0.6 is 0 Å². The fourth-order valence-corrected chi connectivity index (χ4v) is 1.44. The molecule has 1 rings (SSSR count). The van der Waals surface area contributed by atoms with E-state index in [0.29, 0.717) is 19.8 Å². The molecule has 0 bridgehead atoms. The van der Waals surface area contributed by atoms with Crippen LogP contribution in [0.1, 0.15) is 11.1 Å². The van der Waals surface area contributed by atoms with E-state index in [1.54, 1.807) is 2.90 Å². The zero-order valence-corrected chi connectivity index (χ0v) is 11.3. The van der Waals surface area contributed by atoms with E-state index in [1.807, 2.05) is 24.3 Å². The van der Waals surface area contributed by atoms with Crippen molar-refractivity contribution in [1.82, 2.24) is 5.43 Å². The quantitative estimate of drug-likeness (QED) is 0.188. The Kier molecular flexibility index (Phi) is 6.36. The Bertz CT molecular complexity index is 327. The molecular formula is C11H17IN3O. The number of benzene rings is 1. The van der Waals surface area contributed by atoms with Crippen molar-refractivity contribution >= 4 is 6.72 Å². The average Bonchev–Trinajstić information content (AvgIpc) is 2.29. The van der Waals surface area contributed by atoms with Gasteiger partial charge in [-0.25, -0.2) is 5.43 Å². The van der Waals surface area contributed by atoms with Crippen LogP contribution in [0.2, 0.25) is 0 Å². The number of ether oxygens (including phenoxy) is 1. The molecular weight excluding hydrogens is 317 g/mol. The smallest absolute Gasteiger partial charge is 0.129 e. The van der Waals surface area contributed by atoms with Crippen LogP contribution in [0, 0.1) is 0 Å². The lowest BCUT2D eigenvalue weighted by molar-refractivity contribution is -1.08. The number of hydrogen-bond acceptors (Lipinski definition) is 3. The first kappa shape index (κ1) is 13.4. The minimum Gasteiger partial charge on any atom is -0.375 e. The second-order valence-corrected chi connectivity index (χ2v) is 4.51. The van der Waals surface area contributed by atoms with Crippen LogP contribution in [-0.4, -0.2) is 22.8 Å². The molecule has 0 aliphatic heterocycles. The topological polar surface area (TPSA) is 50.3 Å². The van der Waals surface area contributed by atoms with Gasteiger partial charge in [0.2, 0.25) is 0 Å². The number of rotatable bonds is 7. The van der Waals surface area contributed by atoms with Crippen molar-refractivity contribution < 1.29 is 30.5 Å². The fraction of sp³-hybridized carbons (Fsp3) is 0.364. The molecule has 16 heavy (non-hydrogen) atoms. The SMILES string of the molecule is C=[N+]([I-])NCCOCc1ccc(CN)cc1. The molecule has 0 saturated carbocycles. The maximum Gasteiger partial charge on any atom is 0.129 e. The Morgan fingerprint density at radius 3 is 2.50 bits per heavy atom. The summed E-state index contributed by atoms with van der Waals surface area (Å²) in [7, 11) is 0. The predicted octanol–water partition coefficient (Wildman–Crippen LogP) is -2.65. The molecule has 0 amide bonds. The second-order valence-electron chi connectivity index (χ2n) is 3.34. The molecule has 0 aromatic heterocycles. The third-order valence-electron chi connectivity index (χ3n) is 2.06. The van der Waals surface area contributed by atoms with Crippen LogP contribution in [0.3, 0.4) is 0 Å². The highest BCUT2D eigenvalue weighted by molar-refractivity contribution is 5.21. The van der Waals surface area contributed by atoms with Crippen molar-refractivity contribution in [3.05, 3.63) is 35.4 Å². The van der Waals surface area contributed by atoms with Gasteiger partial charge in [0.15, 0.2) is 0 Å². The predicted molar refractivity (Wildman–Crippen MR) is 59.4 cm³/mol. The monoisotopic (exact) mass is 334 g/mol. The summed E-state index contributed by atoms with van der Waals surface area (Å²) in [5.74, 6) is 0. The van der Waals surface area contributed by atoms with E-state index in [2.05, 4.69) is 35.0 Å². The van der Waals surface area contributed by atoms with Crippen LogP contribution in [0.15, 0.2) is 24.3 Å². The van der Waals surface area contributed by atoms with Gasteiger partial charge in [0.25, 0.3) is 0 Å². The van der Waals surface area contributed by atoms with Crippen molar-refractivity contribution in [2.45, 2.75) is 13.2 Å². The molecule has 0 saturated heterocycles. The summed E-state index contributed by atoms with van der Waals surface area (Å²) in [6, 6.07) is 8.14. The van der Waals surface area contributed by atoms with Gasteiger partial charge in [-0.15, -0.1) is 0 Å². The number of halogens is 1. The molecule has 1 radical (unpaired) electrons. The van der Waals surface area contributed by atoms with E-state index in [9.17, 15) is 0 Å². The molecule has 0 aliphatic carbocycles. The van der Waals surface area contributed by atoms with Crippen LogP contribution < -0.4 is 34.0 Å². The van der Waals surface area contributed by atoms with E-state index < -0.39 is 0 Å². The van der Waals surface area contributed by atoms with Gasteiger partial charge in [-0.05, 0) is 11.1 Å². The lowest BCUT2D eigenvalue weighted by Crippen LogP contribution is -3.40. The number of hydrazine groups is 1. The highest BCUT2D eigenvalue weighted by atomic mass is 127. The molecule has 1 aromatic carbocycles. The van der Waals surface area contributed by atoms with E-state index in [1.165, 1.54) is 0 Å². The molecule has 0 spiro atoms. The highest BCUT2D eigenvalue weighted by Crippen LogP contribution is 2.04. The van der Waals surface area contributed by atoms with E-state index in [-0.39, 0.29) is 0 Å². The van der Waals surface area contributed by atoms with Gasteiger partial charge in [0, 0.05) is 6.54 Å². The summed E-state index contributed by atoms with van der Waals surface area (Å²) in [5.41, 5.74) is 10.8. The Hall–Kier alpha value is -0.660. The van der Waals surface area contributed by atoms with Crippen LogP contribution in [0.25, 0.3) is 0 Å². The summed E-state index contributed by atoms with van der Waals surface area (Å²) in [5, 5.41) is 0. The number of hydrogen-bond donors (Lipinski definition) is 2. The average molecular weight is 334 g/mol. The maximum atomic E-state index is 5.52. The summed E-state index contributed by atoms with van der Waals surface area (Å²) >= 11 is 2.06. The van der Waals surface area contributed by atoms with Crippen molar-refractivity contribution in [3.8, 4) is 0 Å². The first-order valence-corrected chi connectivity index (χ1v) is 6.04. The summed E-state index contributed by atoms with van der Waals surface area (Å²) in [6.45, 7) is 6.29. The summed E-state index contributed by atoms with van der Waals surface area (Å²) in [6.07, 6.45) is 0. The fourth-order valence-electron chi connectivity index (χ4n) is 1.20. The molecule has 5 heteroatoms. The zero-order chi connectivity index (χ0) is 11.8. The van der Waals surface area contributed by atoms with Gasteiger partial charge in [-0.3, -0.25) is 2.90 Å². The van der Waals surface area contributed by atoms with Crippen LogP contribution in [0.5, 0.6) is 0 Å². The Labute approximate surface area is 110 Å². The van der Waals surface area contributed by atoms with Gasteiger partial charge >= 0.3 is 0 Å². The van der Waals surface area contributed by atoms with E-state index in [4.69, 9.17) is 10.5 Å². The molecule has 0 atom stereocenters. The normalized spacial score (nSPS) is 10.1. The number of nitrogens with zero attached hydrogens (tertiary/aromatic N) is 1. The summed E-state index contributed by atoms with van der Waals surface area (Å²) in [4.78, 5) is 0. The minimum atomic E-state index is 0.583. The van der Waals surface area contributed by atoms with Gasteiger partial charge in [-0.2, -0.15) is 0 Å². The lowest BCUT2D eigenvalue weighted by Gasteiger charge is -2.07. The molecule has 89 valence electrons. The molecule has 4 nitrogen and oxygen atoms in total. The molecule has 0 aliphatic rings. The molecule has 0 fully saturated rings. The van der Waals surface area contributed by atoms with Crippen LogP contribution in [-0.2, 0) is 17.9 Å². The highest BCUT2D eigenvalue weighted by Gasteiger charge is 1.94. The molecule has 1 aromatic rings. The van der Waals surface area contributed by atoms with Gasteiger partial charge in [0.1, 0.15) is 6.72 Å². The third kappa shape index (κ3) is 5.43. The van der Waals surface area contributed by atoms with E-state index in [0.717, 1.165) is 17.7 Å². The second kappa shape index (κ2) is 7.59. The maximum absolute atomic E-state index is 5.52. The number of nitrogens with one attached hydrogen (secondary N) is 1. The standard InChI is InChI=1S/C11H17IN3O/c1-15(12)14-6-7-16-9-11-4-2-10(8-13)3-5-11/h2-5,14H,1,6-9,13H2. The molecule has 0 unspecified atom stereocenters. The third-order valence-corrected chi connectivity index (χ3v) is 2.40. The molecule has 0 heterocycles. The van der Waals surface area contributed by atoms with E-state index >= 15 is 0 Å². The lowest BCUT2D eigenvalue weighted by atomic mass is 10.1. The Morgan fingerprint density at radius 2 is 1.94 bits per heavy atom. The van der Waals surface area contributed by atoms with Crippen LogP contribution in [0.4, 0.5) is 0 Å². The van der Waals surface area contributed by atoms with Gasteiger partial charge < -0.3 is 33.3 Å². The largest absolute Gasteiger partial charge is 0.375 e. The Morgan fingerprint density at radius 1 is 1.31 bits per heavy atom. The van der Waals surface area contributed by atoms with Crippen molar-refractivity contribution in [2.75, 3.05) is 13.2 Å². The van der Waals surface area contributed by atoms with Crippen molar-refractivity contribution in [2.24, 2.45) is 5.73 Å². The first-order valence-electron chi connectivity index (χ1n) is 5.08. The zero-order valence-electron chi connectivity index (χ0n) is 9.16. The Balaban J connectivity index is 2.19. The van der Waals surface area contributed by atoms with Gasteiger partial charge in [0.05, 0.1) is 19.8 Å². The van der Waals surface area contributed by atoms with Crippen molar-refractivity contribution in [3.63, 3.8) is 0 Å².